The maximum Gasteiger partial charge on any atom is 0.0624 e. The predicted octanol–water partition coefficient (Wildman–Crippen LogP) is 2.04. The van der Waals surface area contributed by atoms with E-state index in [4.69, 9.17) is 5.73 Å². The lowest BCUT2D eigenvalue weighted by molar-refractivity contribution is 0.274. The number of nitrogens with two attached hydrogens (primary N) is 1. The van der Waals surface area contributed by atoms with Gasteiger partial charge in [-0.05, 0) is 24.8 Å². The average molecular weight is 221 g/mol. The summed E-state index contributed by atoms with van der Waals surface area (Å²) >= 11 is 0. The van der Waals surface area contributed by atoms with E-state index in [0.717, 1.165) is 18.8 Å². The summed E-state index contributed by atoms with van der Waals surface area (Å²) in [5.74, 6) is 0.897. The third-order valence-electron chi connectivity index (χ3n) is 3.72. The van der Waals surface area contributed by atoms with Gasteiger partial charge in [0.05, 0.1) is 5.69 Å². The van der Waals surface area contributed by atoms with E-state index in [-0.39, 0.29) is 0 Å². The van der Waals surface area contributed by atoms with Crippen molar-refractivity contribution in [3.8, 4) is 0 Å². The second kappa shape index (κ2) is 5.00. The minimum Gasteiger partial charge on any atom is -0.327 e. The van der Waals surface area contributed by atoms with E-state index in [0.29, 0.717) is 6.04 Å². The molecular weight excluding hydrogens is 198 g/mol. The first-order chi connectivity index (χ1) is 7.69. The van der Waals surface area contributed by atoms with Gasteiger partial charge in [0.1, 0.15) is 0 Å². The quantitative estimate of drug-likeness (QED) is 0.827. The smallest absolute Gasteiger partial charge is 0.0624 e. The van der Waals surface area contributed by atoms with Crippen LogP contribution >= 0.6 is 0 Å². The Morgan fingerprint density at radius 3 is 2.81 bits per heavy atom. The molecule has 0 aromatic carbocycles. The van der Waals surface area contributed by atoms with Gasteiger partial charge in [0.15, 0.2) is 0 Å². The molecule has 1 aromatic rings. The Morgan fingerprint density at radius 1 is 1.56 bits per heavy atom. The van der Waals surface area contributed by atoms with Gasteiger partial charge in [-0.15, -0.1) is 0 Å². The average Bonchev–Trinajstić information content (AvgIpc) is 2.54. The van der Waals surface area contributed by atoms with Crippen LogP contribution in [0.5, 0.6) is 0 Å². The van der Waals surface area contributed by atoms with Gasteiger partial charge in [0.25, 0.3) is 0 Å². The van der Waals surface area contributed by atoms with Crippen LogP contribution in [0.2, 0.25) is 0 Å². The fraction of sp³-hybridized carbons (Fsp3) is 0.769. The second-order valence-electron chi connectivity index (χ2n) is 5.10. The Kier molecular flexibility index (Phi) is 3.64. The number of aryl methyl sites for hydroxylation is 2. The first kappa shape index (κ1) is 11.6. The Morgan fingerprint density at radius 2 is 2.31 bits per heavy atom. The summed E-state index contributed by atoms with van der Waals surface area (Å²) in [6.45, 7) is 2.14. The maximum atomic E-state index is 6.19. The second-order valence-corrected chi connectivity index (χ2v) is 5.10. The summed E-state index contributed by atoms with van der Waals surface area (Å²) < 4.78 is 1.99. The summed E-state index contributed by atoms with van der Waals surface area (Å²) in [5.41, 5.74) is 8.65. The van der Waals surface area contributed by atoms with E-state index >= 15 is 0 Å². The molecule has 2 rings (SSSR count). The number of rotatable bonds is 5. The number of aromatic nitrogens is 2. The molecule has 90 valence electrons. The van der Waals surface area contributed by atoms with E-state index in [2.05, 4.69) is 18.1 Å². The predicted molar refractivity (Wildman–Crippen MR) is 66.2 cm³/mol. The number of nitrogens with zero attached hydrogens (tertiary/aromatic N) is 2. The zero-order valence-corrected chi connectivity index (χ0v) is 10.4. The highest BCUT2D eigenvalue weighted by Gasteiger charge is 2.21. The van der Waals surface area contributed by atoms with Crippen molar-refractivity contribution < 1.29 is 0 Å². The highest BCUT2D eigenvalue weighted by atomic mass is 15.3. The zero-order valence-electron chi connectivity index (χ0n) is 10.4. The van der Waals surface area contributed by atoms with E-state index < -0.39 is 0 Å². The van der Waals surface area contributed by atoms with Gasteiger partial charge >= 0.3 is 0 Å². The van der Waals surface area contributed by atoms with E-state index in [1.165, 1.54) is 37.1 Å². The number of hydrogen-bond acceptors (Lipinski definition) is 2. The van der Waals surface area contributed by atoms with Gasteiger partial charge in [-0.1, -0.05) is 26.2 Å². The molecule has 16 heavy (non-hydrogen) atoms. The molecule has 0 radical (unpaired) electrons. The molecule has 1 saturated carbocycles. The van der Waals surface area contributed by atoms with Gasteiger partial charge in [0, 0.05) is 25.2 Å². The zero-order chi connectivity index (χ0) is 11.5. The van der Waals surface area contributed by atoms with Crippen molar-refractivity contribution in [3.05, 3.63) is 17.5 Å². The first-order valence-corrected chi connectivity index (χ1v) is 6.46. The molecule has 1 unspecified atom stereocenters. The Bertz CT molecular complexity index is 339. The normalized spacial score (nSPS) is 18.4. The third kappa shape index (κ3) is 2.64. The maximum absolute atomic E-state index is 6.19. The van der Waals surface area contributed by atoms with Crippen molar-refractivity contribution in [1.29, 1.82) is 0 Å². The van der Waals surface area contributed by atoms with Crippen molar-refractivity contribution in [2.75, 3.05) is 0 Å². The molecule has 3 heteroatoms. The topological polar surface area (TPSA) is 43.8 Å². The Hall–Kier alpha value is -0.830. The molecule has 1 aliphatic carbocycles. The van der Waals surface area contributed by atoms with Crippen LogP contribution in [0.3, 0.4) is 0 Å². The van der Waals surface area contributed by atoms with E-state index in [9.17, 15) is 0 Å². The van der Waals surface area contributed by atoms with E-state index in [1.54, 1.807) is 0 Å². The van der Waals surface area contributed by atoms with Crippen LogP contribution in [0.15, 0.2) is 6.07 Å². The van der Waals surface area contributed by atoms with Crippen molar-refractivity contribution >= 4 is 0 Å². The van der Waals surface area contributed by atoms with Crippen molar-refractivity contribution in [2.24, 2.45) is 18.7 Å². The highest BCUT2D eigenvalue weighted by molar-refractivity contribution is 5.11. The molecule has 1 fully saturated rings. The molecule has 1 aromatic heterocycles. The van der Waals surface area contributed by atoms with Crippen molar-refractivity contribution in [2.45, 2.75) is 51.5 Å². The molecule has 0 bridgehead atoms. The fourth-order valence-electron chi connectivity index (χ4n) is 2.44. The molecule has 3 nitrogen and oxygen atoms in total. The monoisotopic (exact) mass is 221 g/mol. The van der Waals surface area contributed by atoms with Crippen LogP contribution in [0.4, 0.5) is 0 Å². The molecule has 0 spiro atoms. The third-order valence-corrected chi connectivity index (χ3v) is 3.72. The summed E-state index contributed by atoms with van der Waals surface area (Å²) in [4.78, 5) is 0. The van der Waals surface area contributed by atoms with Crippen LogP contribution in [-0.2, 0) is 19.9 Å². The van der Waals surface area contributed by atoms with Crippen molar-refractivity contribution in [3.63, 3.8) is 0 Å². The molecule has 0 saturated heterocycles. The van der Waals surface area contributed by atoms with Crippen LogP contribution < -0.4 is 5.73 Å². The van der Waals surface area contributed by atoms with Gasteiger partial charge in [0.2, 0.25) is 0 Å². The number of hydrogen-bond donors (Lipinski definition) is 1. The minimum atomic E-state index is 0.311. The van der Waals surface area contributed by atoms with Gasteiger partial charge in [-0.25, -0.2) is 0 Å². The summed E-state index contributed by atoms with van der Waals surface area (Å²) in [6.07, 6.45) is 7.35. The Labute approximate surface area is 98.0 Å². The fourth-order valence-corrected chi connectivity index (χ4v) is 2.44. The lowest BCUT2D eigenvalue weighted by Crippen LogP contribution is -2.29. The lowest BCUT2D eigenvalue weighted by Gasteiger charge is -2.28. The molecule has 2 N–H and O–H groups in total. The molecular formula is C13H23N3. The minimum absolute atomic E-state index is 0.311. The summed E-state index contributed by atoms with van der Waals surface area (Å²) in [5, 5.41) is 4.46. The molecule has 1 aliphatic rings. The van der Waals surface area contributed by atoms with Gasteiger partial charge in [-0.2, -0.15) is 5.10 Å². The van der Waals surface area contributed by atoms with Crippen LogP contribution in [0.1, 0.15) is 44.0 Å². The first-order valence-electron chi connectivity index (χ1n) is 6.46. The summed E-state index contributed by atoms with van der Waals surface area (Å²) in [6, 6.07) is 2.51. The van der Waals surface area contributed by atoms with E-state index in [1.807, 2.05) is 11.7 Å². The molecule has 1 atom stereocenters. The molecule has 0 aliphatic heterocycles. The largest absolute Gasteiger partial charge is 0.327 e. The molecule has 0 amide bonds. The Balaban J connectivity index is 1.88. The van der Waals surface area contributed by atoms with Gasteiger partial charge in [-0.3, -0.25) is 4.68 Å². The van der Waals surface area contributed by atoms with Crippen LogP contribution in [-0.4, -0.2) is 15.8 Å². The molecule has 1 heterocycles. The highest BCUT2D eigenvalue weighted by Crippen LogP contribution is 2.30. The van der Waals surface area contributed by atoms with Crippen LogP contribution in [0.25, 0.3) is 0 Å². The SMILES string of the molecule is CCc1cc(CC(N)CC2CCC2)n(C)n1. The lowest BCUT2D eigenvalue weighted by atomic mass is 9.80. The standard InChI is InChI=1S/C13H23N3/c1-3-12-9-13(16(2)15-12)8-11(14)7-10-5-4-6-10/h9-11H,3-8,14H2,1-2H3. The van der Waals surface area contributed by atoms with Crippen molar-refractivity contribution in [1.82, 2.24) is 9.78 Å². The van der Waals surface area contributed by atoms with Crippen LogP contribution in [0, 0.1) is 5.92 Å². The summed E-state index contributed by atoms with van der Waals surface area (Å²) in [7, 11) is 2.02. The van der Waals surface area contributed by atoms with Gasteiger partial charge < -0.3 is 5.73 Å².